The Balaban J connectivity index is 2.15. The second kappa shape index (κ2) is 6.73. The van der Waals surface area contributed by atoms with Gasteiger partial charge in [-0.1, -0.05) is 39.1 Å². The van der Waals surface area contributed by atoms with Gasteiger partial charge in [0.2, 0.25) is 11.6 Å². The number of halogens is 5. The molecule has 2 aromatic rings. The second-order valence-electron chi connectivity index (χ2n) is 4.04. The number of benzene rings is 2. The lowest BCUT2D eigenvalue weighted by Crippen LogP contribution is -2.13. The predicted molar refractivity (Wildman–Crippen MR) is 80.3 cm³/mol. The lowest BCUT2D eigenvalue weighted by Gasteiger charge is -2.09. The Morgan fingerprint density at radius 2 is 1.90 bits per heavy atom. The number of rotatable bonds is 4. The molecule has 0 unspecified atom stereocenters. The fraction of sp³-hybridized carbons (Fsp3) is 0.0714. The van der Waals surface area contributed by atoms with Gasteiger partial charge in [0.15, 0.2) is 18.2 Å². The molecule has 7 heteroatoms. The van der Waals surface area contributed by atoms with Crippen molar-refractivity contribution in [2.45, 2.75) is 0 Å². The van der Waals surface area contributed by atoms with E-state index in [9.17, 15) is 13.6 Å². The molecular formula is C14H7BrCl2F2O2. The summed E-state index contributed by atoms with van der Waals surface area (Å²) in [7, 11) is 0. The fourth-order valence-electron chi connectivity index (χ4n) is 1.57. The molecule has 0 fully saturated rings. The van der Waals surface area contributed by atoms with E-state index in [2.05, 4.69) is 15.9 Å². The summed E-state index contributed by atoms with van der Waals surface area (Å²) in [6.07, 6.45) is 0. The first-order valence-electron chi connectivity index (χ1n) is 5.64. The van der Waals surface area contributed by atoms with Gasteiger partial charge in [0, 0.05) is 15.1 Å². The number of carbonyl (C=O) groups is 1. The van der Waals surface area contributed by atoms with Gasteiger partial charge >= 0.3 is 0 Å². The van der Waals surface area contributed by atoms with E-state index < -0.39 is 24.0 Å². The summed E-state index contributed by atoms with van der Waals surface area (Å²) in [5.74, 6) is -3.07. The van der Waals surface area contributed by atoms with Gasteiger partial charge in [-0.2, -0.15) is 4.39 Å². The van der Waals surface area contributed by atoms with Gasteiger partial charge in [0.05, 0.1) is 5.02 Å². The van der Waals surface area contributed by atoms with Gasteiger partial charge in [0.1, 0.15) is 0 Å². The third kappa shape index (κ3) is 3.93. The molecule has 0 radical (unpaired) electrons. The zero-order valence-corrected chi connectivity index (χ0v) is 13.4. The van der Waals surface area contributed by atoms with Crippen molar-refractivity contribution in [3.63, 3.8) is 0 Å². The minimum atomic E-state index is -1.16. The number of hydrogen-bond donors (Lipinski definition) is 0. The van der Waals surface area contributed by atoms with E-state index in [0.717, 1.165) is 6.07 Å². The van der Waals surface area contributed by atoms with Crippen molar-refractivity contribution in [2.24, 2.45) is 0 Å². The zero-order valence-electron chi connectivity index (χ0n) is 10.3. The smallest absolute Gasteiger partial charge is 0.201 e. The number of ketones is 1. The van der Waals surface area contributed by atoms with Crippen molar-refractivity contribution < 1.29 is 18.3 Å². The van der Waals surface area contributed by atoms with Gasteiger partial charge < -0.3 is 4.74 Å². The third-order valence-electron chi connectivity index (χ3n) is 2.55. The van der Waals surface area contributed by atoms with Crippen LogP contribution < -0.4 is 4.74 Å². The molecule has 0 aromatic heterocycles. The molecule has 21 heavy (non-hydrogen) atoms. The Bertz CT molecular complexity index is 708. The molecule has 0 aliphatic heterocycles. The highest BCUT2D eigenvalue weighted by Crippen LogP contribution is 2.26. The summed E-state index contributed by atoms with van der Waals surface area (Å²) in [5, 5.41) is 0.551. The van der Waals surface area contributed by atoms with Crippen molar-refractivity contribution in [1.82, 2.24) is 0 Å². The van der Waals surface area contributed by atoms with Gasteiger partial charge in [-0.15, -0.1) is 0 Å². The largest absolute Gasteiger partial charge is 0.482 e. The first kappa shape index (κ1) is 16.2. The van der Waals surface area contributed by atoms with Crippen LogP contribution in [0.15, 0.2) is 34.8 Å². The van der Waals surface area contributed by atoms with Crippen LogP contribution in [0.3, 0.4) is 0 Å². The van der Waals surface area contributed by atoms with Gasteiger partial charge in [0.25, 0.3) is 0 Å². The van der Waals surface area contributed by atoms with E-state index in [0.29, 0.717) is 9.50 Å². The summed E-state index contributed by atoms with van der Waals surface area (Å²) in [6, 6.07) is 6.54. The standard InChI is InChI=1S/C14H7BrCl2F2O2/c15-7-3-11(18)14(19)13(4-7)21-6-12(20)9-2-1-8(16)5-10(9)17/h1-5H,6H2. The number of hydrogen-bond acceptors (Lipinski definition) is 2. The maximum absolute atomic E-state index is 13.5. The number of Topliss-reactive ketones (excluding diaryl/α,β-unsaturated/α-hetero) is 1. The van der Waals surface area contributed by atoms with E-state index in [4.69, 9.17) is 27.9 Å². The Morgan fingerprint density at radius 3 is 2.57 bits per heavy atom. The van der Waals surface area contributed by atoms with E-state index >= 15 is 0 Å². The molecule has 0 amide bonds. The van der Waals surface area contributed by atoms with Crippen molar-refractivity contribution in [3.05, 3.63) is 62.0 Å². The van der Waals surface area contributed by atoms with E-state index in [1.165, 1.54) is 24.3 Å². The summed E-state index contributed by atoms with van der Waals surface area (Å²) < 4.78 is 32.0. The second-order valence-corrected chi connectivity index (χ2v) is 5.80. The molecule has 0 aliphatic carbocycles. The van der Waals surface area contributed by atoms with E-state index in [-0.39, 0.29) is 16.3 Å². The highest BCUT2D eigenvalue weighted by Gasteiger charge is 2.15. The highest BCUT2D eigenvalue weighted by atomic mass is 79.9. The molecule has 0 N–H and O–H groups in total. The lowest BCUT2D eigenvalue weighted by atomic mass is 10.1. The molecular weight excluding hydrogens is 389 g/mol. The zero-order chi connectivity index (χ0) is 15.6. The van der Waals surface area contributed by atoms with Crippen LogP contribution in [0.4, 0.5) is 8.78 Å². The topological polar surface area (TPSA) is 26.3 Å². The maximum atomic E-state index is 13.5. The Labute approximate surface area is 137 Å². The summed E-state index contributed by atoms with van der Waals surface area (Å²) in [4.78, 5) is 12.0. The molecule has 2 aromatic carbocycles. The average Bonchev–Trinajstić information content (AvgIpc) is 2.40. The average molecular weight is 396 g/mol. The van der Waals surface area contributed by atoms with Crippen LogP contribution in [0.2, 0.25) is 10.0 Å². The predicted octanol–water partition coefficient (Wildman–Crippen LogP) is 5.30. The monoisotopic (exact) mass is 394 g/mol. The first-order chi connectivity index (χ1) is 9.88. The van der Waals surface area contributed by atoms with Crippen LogP contribution in [0.1, 0.15) is 10.4 Å². The minimum Gasteiger partial charge on any atom is -0.482 e. The van der Waals surface area contributed by atoms with Crippen molar-refractivity contribution in [2.75, 3.05) is 6.61 Å². The van der Waals surface area contributed by atoms with Crippen LogP contribution in [0.5, 0.6) is 5.75 Å². The van der Waals surface area contributed by atoms with Gasteiger partial charge in [-0.25, -0.2) is 4.39 Å². The van der Waals surface area contributed by atoms with Crippen LogP contribution in [0, 0.1) is 11.6 Å². The Hall–Kier alpha value is -1.17. The molecule has 0 saturated heterocycles. The molecule has 0 aliphatic rings. The highest BCUT2D eigenvalue weighted by molar-refractivity contribution is 9.10. The van der Waals surface area contributed by atoms with Crippen molar-refractivity contribution in [3.8, 4) is 5.75 Å². The first-order valence-corrected chi connectivity index (χ1v) is 7.19. The van der Waals surface area contributed by atoms with Crippen molar-refractivity contribution >= 4 is 44.9 Å². The van der Waals surface area contributed by atoms with E-state index in [1.807, 2.05) is 0 Å². The lowest BCUT2D eigenvalue weighted by molar-refractivity contribution is 0.0918. The summed E-state index contributed by atoms with van der Waals surface area (Å²) in [6.45, 7) is -0.478. The SMILES string of the molecule is O=C(COc1cc(Br)cc(F)c1F)c1ccc(Cl)cc1Cl. The van der Waals surface area contributed by atoms with Crippen LogP contribution in [0.25, 0.3) is 0 Å². The molecule has 110 valence electrons. The summed E-state index contributed by atoms with van der Waals surface area (Å²) >= 11 is 14.6. The molecule has 0 atom stereocenters. The fourth-order valence-corrected chi connectivity index (χ4v) is 2.50. The van der Waals surface area contributed by atoms with Crippen LogP contribution in [-0.4, -0.2) is 12.4 Å². The Kier molecular flexibility index (Phi) is 5.19. The normalized spacial score (nSPS) is 10.5. The van der Waals surface area contributed by atoms with Crippen LogP contribution >= 0.6 is 39.1 Å². The number of carbonyl (C=O) groups excluding carboxylic acids is 1. The molecule has 0 heterocycles. The van der Waals surface area contributed by atoms with E-state index in [1.54, 1.807) is 0 Å². The third-order valence-corrected chi connectivity index (χ3v) is 3.56. The molecule has 0 saturated carbocycles. The quantitative estimate of drug-likeness (QED) is 0.519. The molecule has 2 rings (SSSR count). The maximum Gasteiger partial charge on any atom is 0.201 e. The Morgan fingerprint density at radius 1 is 1.19 bits per heavy atom. The summed E-state index contributed by atoms with van der Waals surface area (Å²) in [5.41, 5.74) is 0.192. The molecule has 2 nitrogen and oxygen atoms in total. The van der Waals surface area contributed by atoms with Crippen molar-refractivity contribution in [1.29, 1.82) is 0 Å². The number of ether oxygens (including phenoxy) is 1. The minimum absolute atomic E-state index is 0.164. The van der Waals surface area contributed by atoms with Gasteiger partial charge in [-0.3, -0.25) is 4.79 Å². The molecule has 0 bridgehead atoms. The van der Waals surface area contributed by atoms with Crippen LogP contribution in [-0.2, 0) is 0 Å². The van der Waals surface area contributed by atoms with Gasteiger partial charge in [-0.05, 0) is 30.3 Å². The molecule has 0 spiro atoms.